The first-order chi connectivity index (χ1) is 7.49. The Labute approximate surface area is 93.2 Å². The van der Waals surface area contributed by atoms with E-state index >= 15 is 0 Å². The first-order valence-electron chi connectivity index (χ1n) is 4.30. The third-order valence-corrected chi connectivity index (χ3v) is 2.57. The molecule has 1 rings (SSSR count). The molecule has 0 bridgehead atoms. The van der Waals surface area contributed by atoms with Gasteiger partial charge in [-0.3, -0.25) is 4.55 Å². The van der Waals surface area contributed by atoms with Gasteiger partial charge >= 0.3 is 0 Å². The minimum Gasteiger partial charge on any atom is -0.496 e. The Bertz CT molecular complexity index is 453. The molecule has 0 aliphatic carbocycles. The monoisotopic (exact) mass is 247 g/mol. The molecule has 0 fully saturated rings. The number of hydrogen-bond donors (Lipinski definition) is 2. The van der Waals surface area contributed by atoms with Gasteiger partial charge in [0.25, 0.3) is 10.1 Å². The normalized spacial score (nSPS) is 11.2. The highest BCUT2D eigenvalue weighted by molar-refractivity contribution is 7.86. The molecule has 89 valence electrons. The zero-order valence-corrected chi connectivity index (χ0v) is 9.32. The molecule has 1 aromatic carbocycles. The van der Waals surface area contributed by atoms with Gasteiger partial charge in [-0.05, 0) is 6.07 Å². The quantitative estimate of drug-likeness (QED) is 0.717. The second kappa shape index (κ2) is 5.15. The Kier molecular flexibility index (Phi) is 4.11. The van der Waals surface area contributed by atoms with E-state index in [1.165, 1.54) is 13.2 Å². The summed E-state index contributed by atoms with van der Waals surface area (Å²) in [7, 11) is -3.00. The van der Waals surface area contributed by atoms with Crippen LogP contribution in [-0.2, 0) is 10.1 Å². The molecule has 0 heterocycles. The molecule has 0 atom stereocenters. The Morgan fingerprint density at radius 1 is 1.50 bits per heavy atom. The van der Waals surface area contributed by atoms with Gasteiger partial charge in [-0.1, -0.05) is 0 Å². The lowest BCUT2D eigenvalue weighted by atomic mass is 10.3. The van der Waals surface area contributed by atoms with Crippen LogP contribution in [-0.4, -0.2) is 38.4 Å². The molecule has 0 saturated carbocycles. The van der Waals surface area contributed by atoms with Crippen molar-refractivity contribution in [2.24, 2.45) is 0 Å². The molecule has 0 unspecified atom stereocenters. The van der Waals surface area contributed by atoms with Crippen molar-refractivity contribution in [3.8, 4) is 11.5 Å². The van der Waals surface area contributed by atoms with Crippen molar-refractivity contribution in [2.45, 2.75) is 4.90 Å². The van der Waals surface area contributed by atoms with Gasteiger partial charge in [0, 0.05) is 12.1 Å². The molecule has 7 heteroatoms. The van der Waals surface area contributed by atoms with E-state index in [1.807, 2.05) is 0 Å². The van der Waals surface area contributed by atoms with Gasteiger partial charge in [-0.25, -0.2) is 0 Å². The number of methoxy groups -OCH3 is 1. The van der Waals surface area contributed by atoms with E-state index in [1.54, 1.807) is 0 Å². The van der Waals surface area contributed by atoms with Crippen molar-refractivity contribution in [1.82, 2.24) is 0 Å². The fourth-order valence-corrected chi connectivity index (χ4v) is 1.61. The Morgan fingerprint density at radius 2 is 2.19 bits per heavy atom. The molecule has 0 aliphatic rings. The summed E-state index contributed by atoms with van der Waals surface area (Å²) in [4.78, 5) is -0.415. The first-order valence-corrected chi connectivity index (χ1v) is 5.74. The maximum absolute atomic E-state index is 11.0. The number of rotatable bonds is 5. The molecule has 6 nitrogen and oxygen atoms in total. The SMILES string of the molecule is COc1[c]cc(S(=O)(=O)O)c(OCCO)c1. The van der Waals surface area contributed by atoms with Crippen LogP contribution in [0.25, 0.3) is 0 Å². The topological polar surface area (TPSA) is 93.1 Å². The Morgan fingerprint density at radius 3 is 2.69 bits per heavy atom. The number of benzene rings is 1. The molecule has 1 radical (unpaired) electrons. The summed E-state index contributed by atoms with van der Waals surface area (Å²) < 4.78 is 40.6. The molecule has 0 aliphatic heterocycles. The predicted octanol–water partition coefficient (Wildman–Crippen LogP) is 0.113. The van der Waals surface area contributed by atoms with Crippen molar-refractivity contribution in [3.63, 3.8) is 0 Å². The van der Waals surface area contributed by atoms with Crippen molar-refractivity contribution in [3.05, 3.63) is 18.2 Å². The van der Waals surface area contributed by atoms with E-state index in [4.69, 9.17) is 19.1 Å². The van der Waals surface area contributed by atoms with E-state index in [0.29, 0.717) is 0 Å². The number of hydrogen-bond acceptors (Lipinski definition) is 5. The van der Waals surface area contributed by atoms with Crippen LogP contribution in [0.15, 0.2) is 17.0 Å². The zero-order valence-electron chi connectivity index (χ0n) is 8.50. The number of ether oxygens (including phenoxy) is 2. The number of aliphatic hydroxyl groups is 1. The van der Waals surface area contributed by atoms with Crippen LogP contribution in [0.1, 0.15) is 0 Å². The lowest BCUT2D eigenvalue weighted by Crippen LogP contribution is -2.07. The average molecular weight is 247 g/mol. The second-order valence-electron chi connectivity index (χ2n) is 2.78. The lowest BCUT2D eigenvalue weighted by molar-refractivity contribution is 0.197. The van der Waals surface area contributed by atoms with Gasteiger partial charge < -0.3 is 14.6 Å². The smallest absolute Gasteiger partial charge is 0.298 e. The highest BCUT2D eigenvalue weighted by atomic mass is 32.2. The number of aliphatic hydroxyl groups excluding tert-OH is 1. The molecule has 1 aromatic rings. The maximum atomic E-state index is 11.0. The van der Waals surface area contributed by atoms with Crippen LogP contribution in [0.4, 0.5) is 0 Å². The second-order valence-corrected chi connectivity index (χ2v) is 4.17. The summed E-state index contributed by atoms with van der Waals surface area (Å²) in [5.74, 6) is 0.174. The molecular formula is C9H11O6S. The molecular weight excluding hydrogens is 236 g/mol. The van der Waals surface area contributed by atoms with E-state index in [0.717, 1.165) is 6.07 Å². The van der Waals surface area contributed by atoms with Gasteiger partial charge in [-0.2, -0.15) is 8.42 Å². The first kappa shape index (κ1) is 12.8. The predicted molar refractivity (Wildman–Crippen MR) is 54.2 cm³/mol. The van der Waals surface area contributed by atoms with E-state index in [9.17, 15) is 8.42 Å². The van der Waals surface area contributed by atoms with Crippen molar-refractivity contribution in [1.29, 1.82) is 0 Å². The van der Waals surface area contributed by atoms with Crippen LogP contribution < -0.4 is 9.47 Å². The largest absolute Gasteiger partial charge is 0.496 e. The molecule has 0 aromatic heterocycles. The van der Waals surface area contributed by atoms with Gasteiger partial charge in [0.1, 0.15) is 23.0 Å². The zero-order chi connectivity index (χ0) is 12.2. The van der Waals surface area contributed by atoms with Gasteiger partial charge in [0.2, 0.25) is 0 Å². The van der Waals surface area contributed by atoms with E-state index < -0.39 is 15.0 Å². The van der Waals surface area contributed by atoms with Crippen LogP contribution >= 0.6 is 0 Å². The van der Waals surface area contributed by atoms with E-state index in [-0.39, 0.29) is 24.7 Å². The standard InChI is InChI=1S/C9H11O6S/c1-14-7-2-3-9(16(11,12)13)8(6-7)15-5-4-10/h3,6,10H,4-5H2,1H3,(H,11,12,13). The van der Waals surface area contributed by atoms with Crippen molar-refractivity contribution < 1.29 is 27.6 Å². The fourth-order valence-electron chi connectivity index (χ4n) is 1.03. The van der Waals surface area contributed by atoms with Crippen LogP contribution in [0.2, 0.25) is 0 Å². The molecule has 0 amide bonds. The summed E-state index contributed by atoms with van der Waals surface area (Å²) in [5.41, 5.74) is 0. The summed E-state index contributed by atoms with van der Waals surface area (Å²) in [6.45, 7) is -0.360. The Hall–Kier alpha value is -1.31. The maximum Gasteiger partial charge on any atom is 0.298 e. The lowest BCUT2D eigenvalue weighted by Gasteiger charge is -2.09. The highest BCUT2D eigenvalue weighted by Crippen LogP contribution is 2.27. The fraction of sp³-hybridized carbons (Fsp3) is 0.333. The summed E-state index contributed by atoms with van der Waals surface area (Å²) >= 11 is 0. The third-order valence-electron chi connectivity index (χ3n) is 1.70. The highest BCUT2D eigenvalue weighted by Gasteiger charge is 2.17. The van der Waals surface area contributed by atoms with E-state index in [2.05, 4.69) is 6.07 Å². The van der Waals surface area contributed by atoms with Gasteiger partial charge in [0.05, 0.1) is 13.7 Å². The Balaban J connectivity index is 3.16. The molecule has 0 spiro atoms. The average Bonchev–Trinajstić information content (AvgIpc) is 2.24. The minimum atomic E-state index is -4.38. The van der Waals surface area contributed by atoms with Gasteiger partial charge in [0.15, 0.2) is 0 Å². The van der Waals surface area contributed by atoms with Crippen LogP contribution in [0.3, 0.4) is 0 Å². The summed E-state index contributed by atoms with van der Waals surface area (Å²) in [5, 5.41) is 8.57. The van der Waals surface area contributed by atoms with Crippen molar-refractivity contribution >= 4 is 10.1 Å². The van der Waals surface area contributed by atoms with Crippen LogP contribution in [0, 0.1) is 6.07 Å². The van der Waals surface area contributed by atoms with Crippen LogP contribution in [0.5, 0.6) is 11.5 Å². The van der Waals surface area contributed by atoms with Crippen molar-refractivity contribution in [2.75, 3.05) is 20.3 Å². The summed E-state index contributed by atoms with van der Waals surface area (Å²) in [6, 6.07) is 4.81. The molecule has 2 N–H and O–H groups in total. The summed E-state index contributed by atoms with van der Waals surface area (Å²) in [6.07, 6.45) is 0. The minimum absolute atomic E-state index is 0.0876. The molecule has 16 heavy (non-hydrogen) atoms. The molecule has 0 saturated heterocycles. The third kappa shape index (κ3) is 3.09. The van der Waals surface area contributed by atoms with Gasteiger partial charge in [-0.15, -0.1) is 0 Å².